The second kappa shape index (κ2) is 14.4. The number of fused-ring (bicyclic) bond motifs is 1. The van der Waals surface area contributed by atoms with E-state index in [0.717, 1.165) is 49.9 Å². The minimum Gasteiger partial charge on any atom is -0.482 e. The molecule has 0 radical (unpaired) electrons. The molecule has 0 spiro atoms. The topological polar surface area (TPSA) is 75.2 Å². The van der Waals surface area contributed by atoms with Gasteiger partial charge in [0.15, 0.2) is 12.6 Å². The van der Waals surface area contributed by atoms with Crippen molar-refractivity contribution in [2.24, 2.45) is 10.9 Å². The van der Waals surface area contributed by atoms with Crippen LogP contribution in [-0.4, -0.2) is 57.9 Å². The van der Waals surface area contributed by atoms with Gasteiger partial charge in [-0.25, -0.2) is 0 Å². The second-order valence-corrected chi connectivity index (χ2v) is 7.14. The zero-order chi connectivity index (χ0) is 20.2. The predicted molar refractivity (Wildman–Crippen MR) is 129 cm³/mol. The van der Waals surface area contributed by atoms with E-state index in [0.29, 0.717) is 25.6 Å². The number of amides is 1. The van der Waals surface area contributed by atoms with E-state index < -0.39 is 0 Å². The number of hydrogen-bond donors (Lipinski definition) is 2. The molecule has 7 nitrogen and oxygen atoms in total. The number of para-hydroxylation sites is 2. The van der Waals surface area contributed by atoms with Gasteiger partial charge in [-0.3, -0.25) is 9.79 Å². The first-order chi connectivity index (χ1) is 13.6. The van der Waals surface area contributed by atoms with E-state index in [4.69, 9.17) is 9.47 Å². The summed E-state index contributed by atoms with van der Waals surface area (Å²) in [4.78, 5) is 18.6. The number of nitrogens with zero attached hydrogens (tertiary/aromatic N) is 2. The molecule has 2 N–H and O–H groups in total. The molecule has 164 valence electrons. The number of halogens is 1. The van der Waals surface area contributed by atoms with Crippen molar-refractivity contribution in [3.63, 3.8) is 0 Å². The molecule has 1 aromatic rings. The van der Waals surface area contributed by atoms with Crippen molar-refractivity contribution in [2.75, 3.05) is 50.9 Å². The maximum absolute atomic E-state index is 12.2. The number of guanidine groups is 1. The Labute approximate surface area is 191 Å². The Bertz CT molecular complexity index is 640. The van der Waals surface area contributed by atoms with Crippen molar-refractivity contribution in [1.29, 1.82) is 0 Å². The Morgan fingerprint density at radius 2 is 2.07 bits per heavy atom. The van der Waals surface area contributed by atoms with Gasteiger partial charge in [0.2, 0.25) is 0 Å². The van der Waals surface area contributed by atoms with Crippen molar-refractivity contribution >= 4 is 41.5 Å². The van der Waals surface area contributed by atoms with Crippen LogP contribution in [0, 0.1) is 5.92 Å². The lowest BCUT2D eigenvalue weighted by molar-refractivity contribution is -0.121. The van der Waals surface area contributed by atoms with Crippen LogP contribution in [0.15, 0.2) is 29.3 Å². The standard InChI is InChI=1S/C21H34N4O3.HI/c1-4-22-21(24-12-15-27-14-10-17(2)3)23-11-7-13-25-18-8-5-6-9-19(18)28-16-20(25)26;/h5-6,8-9,17H,4,7,10-16H2,1-3H3,(H2,22,23,24);1H. The van der Waals surface area contributed by atoms with Gasteiger partial charge in [0.25, 0.3) is 5.91 Å². The molecule has 0 saturated heterocycles. The fourth-order valence-electron chi connectivity index (χ4n) is 2.82. The highest BCUT2D eigenvalue weighted by atomic mass is 127. The van der Waals surface area contributed by atoms with Crippen molar-refractivity contribution in [1.82, 2.24) is 10.6 Å². The van der Waals surface area contributed by atoms with Gasteiger partial charge < -0.3 is 25.0 Å². The summed E-state index contributed by atoms with van der Waals surface area (Å²) in [6.45, 7) is 10.8. The van der Waals surface area contributed by atoms with Crippen molar-refractivity contribution in [3.8, 4) is 5.75 Å². The summed E-state index contributed by atoms with van der Waals surface area (Å²) in [5, 5.41) is 6.52. The molecule has 1 aliphatic rings. The third kappa shape index (κ3) is 9.20. The number of ether oxygens (including phenoxy) is 2. The molecule has 0 unspecified atom stereocenters. The monoisotopic (exact) mass is 518 g/mol. The van der Waals surface area contributed by atoms with Crippen LogP contribution < -0.4 is 20.3 Å². The molecule has 0 atom stereocenters. The van der Waals surface area contributed by atoms with Gasteiger partial charge >= 0.3 is 0 Å². The van der Waals surface area contributed by atoms with Crippen molar-refractivity contribution in [2.45, 2.75) is 33.6 Å². The molecule has 1 amide bonds. The normalized spacial score (nSPS) is 13.6. The van der Waals surface area contributed by atoms with Gasteiger partial charge in [-0.05, 0) is 37.8 Å². The number of nitrogens with one attached hydrogen (secondary N) is 2. The van der Waals surface area contributed by atoms with E-state index in [2.05, 4.69) is 29.5 Å². The van der Waals surface area contributed by atoms with Crippen LogP contribution in [0.25, 0.3) is 0 Å². The Morgan fingerprint density at radius 3 is 2.83 bits per heavy atom. The average molecular weight is 518 g/mol. The summed E-state index contributed by atoms with van der Waals surface area (Å²) < 4.78 is 11.1. The van der Waals surface area contributed by atoms with Crippen LogP contribution in [0.2, 0.25) is 0 Å². The number of carbonyl (C=O) groups excluding carboxylic acids is 1. The molecular weight excluding hydrogens is 483 g/mol. The molecular formula is C21H35IN4O3. The summed E-state index contributed by atoms with van der Waals surface area (Å²) in [6.07, 6.45) is 1.86. The van der Waals surface area contributed by atoms with Gasteiger partial charge in [-0.2, -0.15) is 0 Å². The minimum absolute atomic E-state index is 0. The maximum Gasteiger partial charge on any atom is 0.265 e. The second-order valence-electron chi connectivity index (χ2n) is 7.14. The van der Waals surface area contributed by atoms with Gasteiger partial charge in [0.05, 0.1) is 12.3 Å². The summed E-state index contributed by atoms with van der Waals surface area (Å²) in [6, 6.07) is 7.64. The molecule has 1 aliphatic heterocycles. The van der Waals surface area contributed by atoms with E-state index in [9.17, 15) is 4.79 Å². The molecule has 0 saturated carbocycles. The predicted octanol–water partition coefficient (Wildman–Crippen LogP) is 3.04. The Morgan fingerprint density at radius 1 is 1.28 bits per heavy atom. The lowest BCUT2D eigenvalue weighted by Crippen LogP contribution is -2.40. The van der Waals surface area contributed by atoms with Crippen LogP contribution >= 0.6 is 24.0 Å². The first kappa shape index (κ1) is 25.5. The van der Waals surface area contributed by atoms with E-state index in [1.165, 1.54) is 0 Å². The first-order valence-corrected chi connectivity index (χ1v) is 10.2. The van der Waals surface area contributed by atoms with E-state index >= 15 is 0 Å². The van der Waals surface area contributed by atoms with Gasteiger partial charge in [-0.15, -0.1) is 24.0 Å². The zero-order valence-electron chi connectivity index (χ0n) is 17.8. The van der Waals surface area contributed by atoms with Gasteiger partial charge in [-0.1, -0.05) is 26.0 Å². The average Bonchev–Trinajstić information content (AvgIpc) is 2.68. The first-order valence-electron chi connectivity index (χ1n) is 10.2. The fourth-order valence-corrected chi connectivity index (χ4v) is 2.82. The summed E-state index contributed by atoms with van der Waals surface area (Å²) in [5.41, 5.74) is 0.839. The molecule has 1 heterocycles. The molecule has 2 rings (SSSR count). The number of rotatable bonds is 11. The smallest absolute Gasteiger partial charge is 0.265 e. The van der Waals surface area contributed by atoms with Crippen LogP contribution in [0.3, 0.4) is 0 Å². The Hall–Kier alpha value is -1.55. The summed E-state index contributed by atoms with van der Waals surface area (Å²) in [5.74, 6) is 2.20. The molecule has 0 bridgehead atoms. The third-order valence-electron chi connectivity index (χ3n) is 4.34. The fraction of sp³-hybridized carbons (Fsp3) is 0.619. The quantitative estimate of drug-likeness (QED) is 0.204. The number of carbonyl (C=O) groups is 1. The van der Waals surface area contributed by atoms with Crippen LogP contribution in [0.1, 0.15) is 33.6 Å². The number of anilines is 1. The van der Waals surface area contributed by atoms with Crippen molar-refractivity contribution < 1.29 is 14.3 Å². The zero-order valence-corrected chi connectivity index (χ0v) is 20.1. The van der Waals surface area contributed by atoms with Gasteiger partial charge in [0, 0.05) is 32.8 Å². The number of aliphatic imine (C=N–C) groups is 1. The summed E-state index contributed by atoms with van der Waals surface area (Å²) >= 11 is 0. The lowest BCUT2D eigenvalue weighted by Gasteiger charge is -2.29. The number of benzene rings is 1. The van der Waals surface area contributed by atoms with Crippen molar-refractivity contribution in [3.05, 3.63) is 24.3 Å². The highest BCUT2D eigenvalue weighted by Crippen LogP contribution is 2.31. The molecule has 0 fully saturated rings. The SMILES string of the molecule is CCNC(=NCCCN1C(=O)COc2ccccc21)NCCOCCC(C)C.I. The van der Waals surface area contributed by atoms with Crippen LogP contribution in [0.4, 0.5) is 5.69 Å². The molecule has 1 aromatic carbocycles. The van der Waals surface area contributed by atoms with E-state index in [1.807, 2.05) is 31.2 Å². The van der Waals surface area contributed by atoms with E-state index in [-0.39, 0.29) is 36.5 Å². The summed E-state index contributed by atoms with van der Waals surface area (Å²) in [7, 11) is 0. The lowest BCUT2D eigenvalue weighted by atomic mass is 10.1. The van der Waals surface area contributed by atoms with Gasteiger partial charge in [0.1, 0.15) is 5.75 Å². The Kier molecular flexibility index (Phi) is 12.7. The van der Waals surface area contributed by atoms with E-state index in [1.54, 1.807) is 4.90 Å². The molecule has 0 aromatic heterocycles. The molecule has 8 heteroatoms. The number of hydrogen-bond acceptors (Lipinski definition) is 4. The van der Waals surface area contributed by atoms with Crippen LogP contribution in [0.5, 0.6) is 5.75 Å². The van der Waals surface area contributed by atoms with Crippen LogP contribution in [-0.2, 0) is 9.53 Å². The maximum atomic E-state index is 12.2. The third-order valence-corrected chi connectivity index (χ3v) is 4.34. The molecule has 0 aliphatic carbocycles. The highest BCUT2D eigenvalue weighted by Gasteiger charge is 2.24. The highest BCUT2D eigenvalue weighted by molar-refractivity contribution is 14.0. The Balaban J connectivity index is 0.00000420. The molecule has 29 heavy (non-hydrogen) atoms. The largest absolute Gasteiger partial charge is 0.482 e. The minimum atomic E-state index is -0.00809.